The predicted molar refractivity (Wildman–Crippen MR) is 183 cm³/mol. The zero-order chi connectivity index (χ0) is 33.6. The van der Waals surface area contributed by atoms with Gasteiger partial charge in [0, 0.05) is 16.2 Å². The van der Waals surface area contributed by atoms with E-state index >= 15 is 0 Å². The van der Waals surface area contributed by atoms with Crippen LogP contribution in [0.2, 0.25) is 0 Å². The summed E-state index contributed by atoms with van der Waals surface area (Å²) in [7, 11) is 0. The van der Waals surface area contributed by atoms with Crippen molar-refractivity contribution in [2.45, 2.75) is 81.6 Å². The Balaban J connectivity index is 0.000000244. The summed E-state index contributed by atoms with van der Waals surface area (Å²) >= 11 is 8.81. The van der Waals surface area contributed by atoms with E-state index in [1.165, 1.54) is 0 Å². The molecule has 5 nitrogen and oxygen atoms in total. The number of hydrogen-bond donors (Lipinski definition) is 0. The number of benzene rings is 1. The number of allylic oxidation sites excluding steroid dienone is 6. The largest absolute Gasteiger partial charge is 0.454 e. The summed E-state index contributed by atoms with van der Waals surface area (Å²) in [6.07, 6.45) is 14.9. The lowest BCUT2D eigenvalue weighted by Crippen LogP contribution is -2.40. The number of hydrogen-bond acceptors (Lipinski definition) is 5. The lowest BCUT2D eigenvalue weighted by Gasteiger charge is -2.36. The minimum Gasteiger partial charge on any atom is -0.454 e. The molecule has 4 rings (SSSR count). The molecule has 44 heavy (non-hydrogen) atoms. The number of ketones is 3. The minimum absolute atomic E-state index is 0.0118. The first-order valence-electron chi connectivity index (χ1n) is 15.2. The van der Waals surface area contributed by atoms with Crippen molar-refractivity contribution in [2.75, 3.05) is 17.8 Å². The van der Waals surface area contributed by atoms with E-state index in [2.05, 4.69) is 80.9 Å². The minimum atomic E-state index is -0.496. The van der Waals surface area contributed by atoms with Crippen LogP contribution in [0, 0.1) is 32.5 Å². The third-order valence-corrected chi connectivity index (χ3v) is 11.6. The van der Waals surface area contributed by atoms with Gasteiger partial charge in [0.25, 0.3) is 0 Å². The van der Waals surface area contributed by atoms with Crippen molar-refractivity contribution in [3.8, 4) is 0 Å². The second kappa shape index (κ2) is 14.4. The van der Waals surface area contributed by atoms with Gasteiger partial charge in [-0.3, -0.25) is 14.4 Å². The second-order valence-corrected chi connectivity index (χ2v) is 15.3. The van der Waals surface area contributed by atoms with Crippen LogP contribution >= 0.6 is 27.5 Å². The Labute approximate surface area is 278 Å². The molecular formula is C37H50BrClO5. The third kappa shape index (κ3) is 7.73. The fraction of sp³-hybridized carbons (Fsp3) is 0.568. The summed E-state index contributed by atoms with van der Waals surface area (Å²) in [6.45, 7) is 18.3. The molecule has 0 heterocycles. The molecule has 3 aliphatic carbocycles. The molecule has 3 atom stereocenters. The maximum absolute atomic E-state index is 12.4. The SMILES string of the molecule is CC1(C)C=CCC1(C)C(=O)CBr.CC1(C)C=CCC1(C)C(=O)CCl.CC1(C)C=CCC1(C)C(=O)COC(=O)c1ccccc1. The summed E-state index contributed by atoms with van der Waals surface area (Å²) in [6, 6.07) is 8.72. The first kappa shape index (κ1) is 37.9. The van der Waals surface area contributed by atoms with Crippen molar-refractivity contribution in [1.82, 2.24) is 0 Å². The van der Waals surface area contributed by atoms with Crippen LogP contribution < -0.4 is 0 Å². The van der Waals surface area contributed by atoms with Crippen LogP contribution in [-0.2, 0) is 19.1 Å². The smallest absolute Gasteiger partial charge is 0.338 e. The Bertz CT molecular complexity index is 1260. The van der Waals surface area contributed by atoms with E-state index in [4.69, 9.17) is 16.3 Å². The standard InChI is InChI=1S/C17H20O3.C10H15BrO.C10H15ClO/c1-16(2)10-7-11-17(16,3)14(18)12-20-15(19)13-8-5-4-6-9-13;2*1-9(2)5-4-6-10(9,3)8(12)7-11/h4-10H,11-12H2,1-3H3;2*4-5H,6-7H2,1-3H3. The van der Waals surface area contributed by atoms with Crippen molar-refractivity contribution in [3.05, 3.63) is 72.4 Å². The van der Waals surface area contributed by atoms with E-state index in [-0.39, 0.29) is 51.1 Å². The first-order chi connectivity index (χ1) is 20.2. The third-order valence-electron chi connectivity index (χ3n) is 10.9. The maximum atomic E-state index is 12.4. The van der Waals surface area contributed by atoms with Crippen molar-refractivity contribution in [2.24, 2.45) is 32.5 Å². The molecule has 0 N–H and O–H groups in total. The molecule has 0 aromatic heterocycles. The van der Waals surface area contributed by atoms with E-state index in [0.717, 1.165) is 12.8 Å². The van der Waals surface area contributed by atoms with Crippen molar-refractivity contribution < 1.29 is 23.9 Å². The van der Waals surface area contributed by atoms with Gasteiger partial charge in [0.1, 0.15) is 5.78 Å². The molecule has 0 saturated heterocycles. The number of rotatable bonds is 8. The zero-order valence-electron chi connectivity index (χ0n) is 27.9. The lowest BCUT2D eigenvalue weighted by atomic mass is 9.66. The predicted octanol–water partition coefficient (Wildman–Crippen LogP) is 9.13. The van der Waals surface area contributed by atoms with Gasteiger partial charge in [-0.15, -0.1) is 11.6 Å². The molecule has 0 radical (unpaired) electrons. The zero-order valence-corrected chi connectivity index (χ0v) is 30.2. The monoisotopic (exact) mass is 688 g/mol. The number of esters is 1. The number of carbonyl (C=O) groups excluding carboxylic acids is 4. The van der Waals surface area contributed by atoms with Gasteiger partial charge in [0.15, 0.2) is 18.2 Å². The highest BCUT2D eigenvalue weighted by Gasteiger charge is 2.48. The molecule has 0 spiro atoms. The van der Waals surface area contributed by atoms with E-state index in [0.29, 0.717) is 23.1 Å². The fourth-order valence-electron chi connectivity index (χ4n) is 5.77. The summed E-state index contributed by atoms with van der Waals surface area (Å²) in [5.41, 5.74) is -0.746. The summed E-state index contributed by atoms with van der Waals surface area (Å²) in [5.74, 6) is 0.0986. The van der Waals surface area contributed by atoms with Gasteiger partial charge in [0.2, 0.25) is 0 Å². The van der Waals surface area contributed by atoms with E-state index < -0.39 is 11.4 Å². The first-order valence-corrected chi connectivity index (χ1v) is 16.9. The number of Topliss-reactive ketones (excluding diaryl/α,β-unsaturated/α-hetero) is 3. The van der Waals surface area contributed by atoms with Crippen molar-refractivity contribution in [1.29, 1.82) is 0 Å². The highest BCUT2D eigenvalue weighted by Crippen LogP contribution is 2.50. The molecule has 7 heteroatoms. The summed E-state index contributed by atoms with van der Waals surface area (Å²) in [5, 5.41) is 0.467. The molecule has 1 aromatic rings. The van der Waals surface area contributed by atoms with Crippen LogP contribution in [0.5, 0.6) is 0 Å². The Hall–Kier alpha value is -2.31. The molecule has 1 aromatic carbocycles. The van der Waals surface area contributed by atoms with Crippen molar-refractivity contribution in [3.63, 3.8) is 0 Å². The number of ether oxygens (including phenoxy) is 1. The Morgan fingerprint density at radius 1 is 0.659 bits per heavy atom. The van der Waals surface area contributed by atoms with Gasteiger partial charge in [-0.1, -0.05) is 133 Å². The van der Waals surface area contributed by atoms with Gasteiger partial charge >= 0.3 is 5.97 Å². The van der Waals surface area contributed by atoms with Crippen LogP contribution in [0.1, 0.15) is 91.9 Å². The Kier molecular flexibility index (Phi) is 12.4. The number of carbonyl (C=O) groups is 4. The maximum Gasteiger partial charge on any atom is 0.338 e. The van der Waals surface area contributed by atoms with Crippen LogP contribution in [0.3, 0.4) is 0 Å². The molecule has 0 amide bonds. The van der Waals surface area contributed by atoms with Crippen LogP contribution in [0.25, 0.3) is 0 Å². The fourth-order valence-corrected chi connectivity index (χ4v) is 6.68. The molecule has 3 aliphatic rings. The lowest BCUT2D eigenvalue weighted by molar-refractivity contribution is -0.135. The Morgan fingerprint density at radius 2 is 1.05 bits per heavy atom. The van der Waals surface area contributed by atoms with Gasteiger partial charge in [-0.2, -0.15) is 0 Å². The van der Waals surface area contributed by atoms with Gasteiger partial charge in [-0.25, -0.2) is 4.79 Å². The second-order valence-electron chi connectivity index (χ2n) is 14.5. The molecule has 3 unspecified atom stereocenters. The quantitative estimate of drug-likeness (QED) is 0.155. The van der Waals surface area contributed by atoms with E-state index in [1.54, 1.807) is 24.3 Å². The van der Waals surface area contributed by atoms with Crippen LogP contribution in [-0.4, -0.2) is 41.1 Å². The summed E-state index contributed by atoms with van der Waals surface area (Å²) < 4.78 is 5.14. The average molecular weight is 690 g/mol. The Morgan fingerprint density at radius 3 is 1.39 bits per heavy atom. The van der Waals surface area contributed by atoms with Crippen LogP contribution in [0.4, 0.5) is 0 Å². The molecule has 0 aliphatic heterocycles. The molecule has 0 fully saturated rings. The molecule has 242 valence electrons. The topological polar surface area (TPSA) is 77.5 Å². The molecule has 0 bridgehead atoms. The van der Waals surface area contributed by atoms with Gasteiger partial charge in [0.05, 0.1) is 16.8 Å². The van der Waals surface area contributed by atoms with E-state index in [1.807, 2.05) is 39.8 Å². The van der Waals surface area contributed by atoms with E-state index in [9.17, 15) is 19.2 Å². The highest BCUT2D eigenvalue weighted by molar-refractivity contribution is 9.09. The van der Waals surface area contributed by atoms with Gasteiger partial charge < -0.3 is 4.74 Å². The highest BCUT2D eigenvalue weighted by atomic mass is 79.9. The van der Waals surface area contributed by atoms with Crippen LogP contribution in [0.15, 0.2) is 66.8 Å². The molecular weight excluding hydrogens is 640 g/mol. The molecule has 0 saturated carbocycles. The number of alkyl halides is 2. The van der Waals surface area contributed by atoms with Crippen molar-refractivity contribution >= 4 is 50.8 Å². The number of halogens is 2. The summed E-state index contributed by atoms with van der Waals surface area (Å²) in [4.78, 5) is 47.5. The normalized spacial score (nSPS) is 28.3. The average Bonchev–Trinajstić information content (AvgIpc) is 3.55. The van der Waals surface area contributed by atoms with Gasteiger partial charge in [-0.05, 0) is 47.6 Å².